The van der Waals surface area contributed by atoms with Crippen LogP contribution in [0.3, 0.4) is 0 Å². The Kier molecular flexibility index (Phi) is 11.1. The van der Waals surface area contributed by atoms with Crippen LogP contribution in [0.15, 0.2) is 53.5 Å². The Hall–Kier alpha value is -2.40. The van der Waals surface area contributed by atoms with Gasteiger partial charge in [0, 0.05) is 25.2 Å². The third-order valence-corrected chi connectivity index (χ3v) is 3.99. The molecular weight excluding hydrogens is 499 g/mol. The summed E-state index contributed by atoms with van der Waals surface area (Å²) in [6.07, 6.45) is -0.665. The minimum Gasteiger partial charge on any atom is -0.491 e. The molecule has 0 amide bonds. The van der Waals surface area contributed by atoms with Gasteiger partial charge in [-0.05, 0) is 44.0 Å². The molecular formula is C21H29IN4O4. The topological polar surface area (TPSA) is 109 Å². The summed E-state index contributed by atoms with van der Waals surface area (Å²) >= 11 is 0. The number of benzene rings is 2. The van der Waals surface area contributed by atoms with Crippen LogP contribution < -0.4 is 15.4 Å². The van der Waals surface area contributed by atoms with Gasteiger partial charge in [-0.3, -0.25) is 10.1 Å². The number of rotatable bonds is 9. The number of halogens is 1. The number of hydrogen-bond donors (Lipinski definition) is 3. The lowest BCUT2D eigenvalue weighted by atomic mass is 10.1. The first kappa shape index (κ1) is 25.6. The molecule has 3 N–H and O–H groups in total. The van der Waals surface area contributed by atoms with Gasteiger partial charge < -0.3 is 20.5 Å². The van der Waals surface area contributed by atoms with Crippen LogP contribution in [0.5, 0.6) is 5.75 Å². The minimum absolute atomic E-state index is 0. The summed E-state index contributed by atoms with van der Waals surface area (Å²) in [6.45, 7) is 7.16. The third kappa shape index (κ3) is 8.54. The third-order valence-electron chi connectivity index (χ3n) is 3.99. The predicted molar refractivity (Wildman–Crippen MR) is 128 cm³/mol. The Morgan fingerprint density at radius 3 is 2.50 bits per heavy atom. The summed E-state index contributed by atoms with van der Waals surface area (Å²) < 4.78 is 5.67. The fraction of sp³-hybridized carbons (Fsp3) is 0.381. The van der Waals surface area contributed by atoms with E-state index in [0.717, 1.165) is 16.9 Å². The van der Waals surface area contributed by atoms with Crippen molar-refractivity contribution in [2.45, 2.75) is 39.5 Å². The van der Waals surface area contributed by atoms with Crippen molar-refractivity contribution in [3.8, 4) is 5.75 Å². The Morgan fingerprint density at radius 2 is 1.90 bits per heavy atom. The fourth-order valence-electron chi connectivity index (χ4n) is 2.61. The van der Waals surface area contributed by atoms with E-state index >= 15 is 0 Å². The number of nitrogens with one attached hydrogen (secondary N) is 2. The zero-order valence-corrected chi connectivity index (χ0v) is 19.7. The second kappa shape index (κ2) is 13.0. The van der Waals surface area contributed by atoms with Crippen LogP contribution in [0.4, 0.5) is 5.69 Å². The predicted octanol–water partition coefficient (Wildman–Crippen LogP) is 3.79. The number of ether oxygens (including phenoxy) is 1. The van der Waals surface area contributed by atoms with E-state index in [4.69, 9.17) is 4.74 Å². The molecule has 0 radical (unpaired) electrons. The molecule has 1 atom stereocenters. The molecule has 0 bridgehead atoms. The Balaban J connectivity index is 0.00000450. The summed E-state index contributed by atoms with van der Waals surface area (Å²) in [5.41, 5.74) is 1.66. The quantitative estimate of drug-likeness (QED) is 0.150. The van der Waals surface area contributed by atoms with Crippen molar-refractivity contribution in [1.82, 2.24) is 10.6 Å². The number of aliphatic hydroxyl groups excluding tert-OH is 1. The van der Waals surface area contributed by atoms with Gasteiger partial charge in [0.2, 0.25) is 0 Å². The van der Waals surface area contributed by atoms with Gasteiger partial charge in [-0.1, -0.05) is 24.3 Å². The van der Waals surface area contributed by atoms with Crippen molar-refractivity contribution >= 4 is 35.6 Å². The number of guanidine groups is 1. The first-order valence-electron chi connectivity index (χ1n) is 9.59. The van der Waals surface area contributed by atoms with E-state index < -0.39 is 11.0 Å². The lowest BCUT2D eigenvalue weighted by molar-refractivity contribution is -0.384. The van der Waals surface area contributed by atoms with Gasteiger partial charge in [-0.15, -0.1) is 24.0 Å². The highest BCUT2D eigenvalue weighted by atomic mass is 127. The normalized spacial score (nSPS) is 12.1. The summed E-state index contributed by atoms with van der Waals surface area (Å²) in [4.78, 5) is 14.8. The minimum atomic E-state index is -0.728. The zero-order valence-electron chi connectivity index (χ0n) is 17.4. The maximum Gasteiger partial charge on any atom is 0.269 e. The van der Waals surface area contributed by atoms with Crippen molar-refractivity contribution in [3.05, 3.63) is 69.8 Å². The fourth-order valence-corrected chi connectivity index (χ4v) is 2.61. The van der Waals surface area contributed by atoms with Gasteiger partial charge in [0.05, 0.1) is 23.7 Å². The Bertz CT molecular complexity index is 828. The van der Waals surface area contributed by atoms with Gasteiger partial charge in [0.25, 0.3) is 5.69 Å². The molecule has 30 heavy (non-hydrogen) atoms. The van der Waals surface area contributed by atoms with E-state index in [0.29, 0.717) is 19.0 Å². The standard InChI is InChI=1S/C21H28N4O4.HI/c1-4-22-21(23-13-16-8-10-18(11-9-16)25(27)28)24-14-20(26)17-6-5-7-19(12-17)29-15(2)3;/h5-12,15,20,26H,4,13-14H2,1-3H3,(H2,22,23,24);1H. The Morgan fingerprint density at radius 1 is 1.20 bits per heavy atom. The molecule has 0 aliphatic heterocycles. The van der Waals surface area contributed by atoms with E-state index in [1.165, 1.54) is 12.1 Å². The molecule has 9 heteroatoms. The number of aliphatic imine (C=N–C) groups is 1. The molecule has 0 saturated heterocycles. The highest BCUT2D eigenvalue weighted by molar-refractivity contribution is 14.0. The van der Waals surface area contributed by atoms with Crippen LogP contribution in [0.25, 0.3) is 0 Å². The molecule has 0 spiro atoms. The van der Waals surface area contributed by atoms with Crippen LogP contribution in [-0.2, 0) is 6.54 Å². The van der Waals surface area contributed by atoms with Crippen LogP contribution in [-0.4, -0.2) is 35.2 Å². The highest BCUT2D eigenvalue weighted by Gasteiger charge is 2.10. The SMILES string of the molecule is CCNC(=NCc1ccc([N+](=O)[O-])cc1)NCC(O)c1cccc(OC(C)C)c1.I. The molecule has 2 aromatic carbocycles. The van der Waals surface area contributed by atoms with Crippen molar-refractivity contribution in [1.29, 1.82) is 0 Å². The largest absolute Gasteiger partial charge is 0.491 e. The summed E-state index contributed by atoms with van der Waals surface area (Å²) in [5, 5.41) is 27.5. The van der Waals surface area contributed by atoms with Crippen LogP contribution >= 0.6 is 24.0 Å². The smallest absolute Gasteiger partial charge is 0.269 e. The molecule has 0 heterocycles. The molecule has 2 rings (SSSR count). The van der Waals surface area contributed by atoms with E-state index in [9.17, 15) is 15.2 Å². The summed E-state index contributed by atoms with van der Waals surface area (Å²) in [7, 11) is 0. The second-order valence-electron chi connectivity index (χ2n) is 6.75. The van der Waals surface area contributed by atoms with Crippen molar-refractivity contribution in [3.63, 3.8) is 0 Å². The average Bonchev–Trinajstić information content (AvgIpc) is 2.69. The van der Waals surface area contributed by atoms with Gasteiger partial charge in [0.15, 0.2) is 5.96 Å². The monoisotopic (exact) mass is 528 g/mol. The molecule has 0 fully saturated rings. The Labute approximate surface area is 193 Å². The number of nitro benzene ring substituents is 1. The first-order valence-corrected chi connectivity index (χ1v) is 9.59. The molecule has 8 nitrogen and oxygen atoms in total. The zero-order chi connectivity index (χ0) is 21.2. The van der Waals surface area contributed by atoms with Gasteiger partial charge in [0.1, 0.15) is 5.75 Å². The molecule has 0 aliphatic carbocycles. The number of non-ortho nitro benzene ring substituents is 1. The number of aliphatic hydroxyl groups is 1. The summed E-state index contributed by atoms with van der Waals surface area (Å²) in [5.74, 6) is 1.27. The van der Waals surface area contributed by atoms with Crippen molar-refractivity contribution in [2.75, 3.05) is 13.1 Å². The highest BCUT2D eigenvalue weighted by Crippen LogP contribution is 2.20. The molecule has 0 saturated carbocycles. The van der Waals surface area contributed by atoms with Crippen LogP contribution in [0, 0.1) is 10.1 Å². The molecule has 164 valence electrons. The lowest BCUT2D eigenvalue weighted by Crippen LogP contribution is -2.39. The lowest BCUT2D eigenvalue weighted by Gasteiger charge is -2.17. The molecule has 1 unspecified atom stereocenters. The van der Waals surface area contributed by atoms with E-state index in [1.54, 1.807) is 12.1 Å². The first-order chi connectivity index (χ1) is 13.9. The van der Waals surface area contributed by atoms with Gasteiger partial charge >= 0.3 is 0 Å². The van der Waals surface area contributed by atoms with Crippen molar-refractivity contribution in [2.24, 2.45) is 4.99 Å². The maximum absolute atomic E-state index is 10.7. The summed E-state index contributed by atoms with van der Waals surface area (Å²) in [6, 6.07) is 13.7. The average molecular weight is 528 g/mol. The van der Waals surface area contributed by atoms with Crippen LogP contribution in [0.2, 0.25) is 0 Å². The molecule has 0 aliphatic rings. The molecule has 0 aromatic heterocycles. The van der Waals surface area contributed by atoms with Crippen LogP contribution in [0.1, 0.15) is 38.0 Å². The molecule has 2 aromatic rings. The van der Waals surface area contributed by atoms with Gasteiger partial charge in [-0.2, -0.15) is 0 Å². The number of hydrogen-bond acceptors (Lipinski definition) is 5. The van der Waals surface area contributed by atoms with Gasteiger partial charge in [-0.25, -0.2) is 4.99 Å². The van der Waals surface area contributed by atoms with E-state index in [1.807, 2.05) is 45.0 Å². The number of nitro groups is 1. The second-order valence-corrected chi connectivity index (χ2v) is 6.75. The van der Waals surface area contributed by atoms with E-state index in [-0.39, 0.29) is 42.3 Å². The number of nitrogens with zero attached hydrogens (tertiary/aromatic N) is 2. The maximum atomic E-state index is 10.7. The van der Waals surface area contributed by atoms with E-state index in [2.05, 4.69) is 15.6 Å². The van der Waals surface area contributed by atoms with Crippen molar-refractivity contribution < 1.29 is 14.8 Å².